The molecule has 73 valence electrons. The van der Waals surface area contributed by atoms with Gasteiger partial charge in [0.2, 0.25) is 0 Å². The van der Waals surface area contributed by atoms with Gasteiger partial charge in [-0.05, 0) is 0 Å². The Balaban J connectivity index is -0.0000000457. The van der Waals surface area contributed by atoms with Crippen LogP contribution in [0, 0.1) is 0 Å². The van der Waals surface area contributed by atoms with Crippen LogP contribution in [0.4, 0.5) is 0 Å². The van der Waals surface area contributed by atoms with E-state index >= 15 is 0 Å². The second-order valence-corrected chi connectivity index (χ2v) is 2.68. The van der Waals surface area contributed by atoms with Gasteiger partial charge in [0, 0.05) is 0 Å². The van der Waals surface area contributed by atoms with Crippen LogP contribution in [0.3, 0.4) is 0 Å². The van der Waals surface area contributed by atoms with Crippen molar-refractivity contribution in [3.8, 4) is 0 Å². The van der Waals surface area contributed by atoms with Crippen LogP contribution in [0.25, 0.3) is 0 Å². The van der Waals surface area contributed by atoms with Gasteiger partial charge in [-0.15, -0.1) is 0 Å². The maximum Gasteiger partial charge on any atom is 4.00 e. The van der Waals surface area contributed by atoms with Crippen molar-refractivity contribution in [1.29, 1.82) is 0 Å². The van der Waals surface area contributed by atoms with E-state index in [4.69, 9.17) is 38.5 Å². The summed E-state index contributed by atoms with van der Waals surface area (Å²) in [5.74, 6) is 0. The van der Waals surface area contributed by atoms with E-state index in [-0.39, 0.29) is 43.3 Å². The van der Waals surface area contributed by atoms with Gasteiger partial charge >= 0.3 is 43.3 Å². The van der Waals surface area contributed by atoms with E-state index in [0.717, 1.165) is 0 Å². The zero-order valence-electron chi connectivity index (χ0n) is 4.96. The summed E-state index contributed by atoms with van der Waals surface area (Å²) in [5.41, 5.74) is 0. The van der Waals surface area contributed by atoms with E-state index in [1.165, 1.54) is 0 Å². The molecule has 0 saturated heterocycles. The quantitative estimate of drug-likeness (QED) is 0.309. The minimum atomic E-state index is -5.39. The molecule has 0 aliphatic heterocycles. The van der Waals surface area contributed by atoms with Gasteiger partial charge in [-0.3, -0.25) is 0 Å². The van der Waals surface area contributed by atoms with Crippen LogP contribution >= 0.6 is 15.6 Å². The Hall–Kier alpha value is 1.62. The zero-order valence-corrected chi connectivity index (χ0v) is 10.2. The number of phosphoric acid groups is 2. The second-order valence-electron chi connectivity index (χ2n) is 0.894. The molecule has 12 heteroatoms. The molecule has 0 atom stereocenters. The fourth-order valence-corrected chi connectivity index (χ4v) is 0. The van der Waals surface area contributed by atoms with Crippen LogP contribution in [0.15, 0.2) is 0 Å². The van der Waals surface area contributed by atoms with Gasteiger partial charge in [-0.2, -0.15) is 15.6 Å². The monoisotopic (exact) mass is 343 g/mol. The molecular formula is CuO8P2Zr. The molecule has 0 fully saturated rings. The first kappa shape index (κ1) is 23.4. The zero-order chi connectivity index (χ0) is 9.00. The Labute approximate surface area is 97.1 Å². The number of hydrogen-bond acceptors (Lipinski definition) is 8. The van der Waals surface area contributed by atoms with Crippen molar-refractivity contribution in [2.24, 2.45) is 0 Å². The fourth-order valence-electron chi connectivity index (χ4n) is 0. The van der Waals surface area contributed by atoms with E-state index in [1.807, 2.05) is 0 Å². The molecule has 0 heterocycles. The summed E-state index contributed by atoms with van der Waals surface area (Å²) in [5, 5.41) is 0. The Morgan fingerprint density at radius 2 is 0.667 bits per heavy atom. The van der Waals surface area contributed by atoms with Crippen LogP contribution in [-0.4, -0.2) is 0 Å². The molecule has 0 aromatic carbocycles. The van der Waals surface area contributed by atoms with Gasteiger partial charge in [0.25, 0.3) is 0 Å². The molecule has 0 amide bonds. The first-order chi connectivity index (χ1) is 4.00. The average molecular weight is 345 g/mol. The fraction of sp³-hybridized carbons (Fsp3) is 0. The minimum absolute atomic E-state index is 0. The van der Waals surface area contributed by atoms with E-state index in [2.05, 4.69) is 0 Å². The summed E-state index contributed by atoms with van der Waals surface area (Å²) < 4.78 is 17.1. The Morgan fingerprint density at radius 3 is 0.667 bits per heavy atom. The van der Waals surface area contributed by atoms with Crippen molar-refractivity contribution in [2.45, 2.75) is 0 Å². The van der Waals surface area contributed by atoms with Crippen LogP contribution < -0.4 is 29.4 Å². The third-order valence-corrected chi connectivity index (χ3v) is 0. The molecule has 0 saturated carbocycles. The maximum atomic E-state index is 8.55. The standard InChI is InChI=1S/Cu.2H3O4P.Zr/c;2*1-5(2,3)4;/h;2*(H3,1,2,3,4);/q+2;;;+4/p-6. The molecular weight excluding hydrogens is 345 g/mol. The van der Waals surface area contributed by atoms with E-state index < -0.39 is 15.6 Å². The average Bonchev–Trinajstić information content (AvgIpc) is 1.12. The molecule has 0 aliphatic carbocycles. The van der Waals surface area contributed by atoms with Crippen LogP contribution in [0.5, 0.6) is 0 Å². The SMILES string of the molecule is O=P([O-])([O-])[O-].O=P([O-])([O-])[O-].[Cu+2].[Zr+4]. The summed E-state index contributed by atoms with van der Waals surface area (Å²) in [6.07, 6.45) is 0. The summed E-state index contributed by atoms with van der Waals surface area (Å²) in [6, 6.07) is 0. The first-order valence-electron chi connectivity index (χ1n) is 1.46. The van der Waals surface area contributed by atoms with Crippen LogP contribution in [0.1, 0.15) is 0 Å². The van der Waals surface area contributed by atoms with E-state index in [1.54, 1.807) is 0 Å². The normalized spacial score (nSPS) is 9.83. The van der Waals surface area contributed by atoms with Gasteiger partial charge in [-0.1, -0.05) is 0 Å². The van der Waals surface area contributed by atoms with Crippen LogP contribution in [0.2, 0.25) is 0 Å². The van der Waals surface area contributed by atoms with Crippen molar-refractivity contribution in [1.82, 2.24) is 0 Å². The minimum Gasteiger partial charge on any atom is -0.822 e. The van der Waals surface area contributed by atoms with E-state index in [9.17, 15) is 0 Å². The maximum absolute atomic E-state index is 8.55. The molecule has 8 nitrogen and oxygen atoms in total. The van der Waals surface area contributed by atoms with Crippen molar-refractivity contribution in [3.05, 3.63) is 0 Å². The number of rotatable bonds is 0. The molecule has 0 rings (SSSR count). The molecule has 1 radical (unpaired) electrons. The summed E-state index contributed by atoms with van der Waals surface area (Å²) in [7, 11) is -10.8. The molecule has 0 spiro atoms. The number of hydrogen-bond donors (Lipinski definition) is 0. The van der Waals surface area contributed by atoms with E-state index in [0.29, 0.717) is 0 Å². The molecule has 0 unspecified atom stereocenters. The van der Waals surface area contributed by atoms with Gasteiger partial charge < -0.3 is 38.5 Å². The summed E-state index contributed by atoms with van der Waals surface area (Å²) >= 11 is 0. The Bertz CT molecular complexity index is 129. The molecule has 0 bridgehead atoms. The van der Waals surface area contributed by atoms with Crippen molar-refractivity contribution in [2.75, 3.05) is 0 Å². The molecule has 12 heavy (non-hydrogen) atoms. The van der Waals surface area contributed by atoms with Crippen LogP contribution in [-0.2, 0) is 52.4 Å². The van der Waals surface area contributed by atoms with Crippen molar-refractivity contribution >= 4 is 15.6 Å². The van der Waals surface area contributed by atoms with Gasteiger partial charge in [0.15, 0.2) is 0 Å². The van der Waals surface area contributed by atoms with Crippen molar-refractivity contribution in [3.63, 3.8) is 0 Å². The largest absolute Gasteiger partial charge is 4.00 e. The predicted octanol–water partition coefficient (Wildman–Crippen LogP) is -5.65. The summed E-state index contributed by atoms with van der Waals surface area (Å²) in [6.45, 7) is 0. The van der Waals surface area contributed by atoms with Crippen molar-refractivity contribution < 1.29 is 81.8 Å². The Morgan fingerprint density at radius 1 is 0.667 bits per heavy atom. The smallest absolute Gasteiger partial charge is 0.822 e. The molecule has 0 aromatic rings. The first-order valence-corrected chi connectivity index (χ1v) is 4.38. The third kappa shape index (κ3) is 498. The molecule has 0 aromatic heterocycles. The van der Waals surface area contributed by atoms with Gasteiger partial charge in [0.05, 0.1) is 0 Å². The predicted molar refractivity (Wildman–Crippen MR) is 15.2 cm³/mol. The van der Waals surface area contributed by atoms with Gasteiger partial charge in [0.1, 0.15) is 0 Å². The Kier molecular flexibility index (Phi) is 17.9. The second kappa shape index (κ2) is 9.19. The molecule has 0 aliphatic rings. The molecule has 0 N–H and O–H groups in total. The topological polar surface area (TPSA) is 172 Å². The van der Waals surface area contributed by atoms with Gasteiger partial charge in [-0.25, -0.2) is 0 Å². The third-order valence-electron chi connectivity index (χ3n) is 0. The summed E-state index contributed by atoms with van der Waals surface area (Å²) in [4.78, 5) is 51.3.